The van der Waals surface area contributed by atoms with Gasteiger partial charge in [-0.3, -0.25) is 0 Å². The molecule has 1 heterocycles. The second-order valence-electron chi connectivity index (χ2n) is 6.40. The molecule has 4 rings (SSSR count). The quantitative estimate of drug-likeness (QED) is 0.454. The normalized spacial score (nSPS) is 11.9. The highest BCUT2D eigenvalue weighted by Crippen LogP contribution is 2.28. The SMILES string of the molecule is O=C(O)[C@H](Oc1ccc2cc(-c3ccc(Cl)cc3)c(=O)oc2c1)c1ccccc1. The number of hydrogen-bond donors (Lipinski definition) is 1. The van der Waals surface area contributed by atoms with Gasteiger partial charge in [0.05, 0.1) is 5.56 Å². The molecule has 0 fully saturated rings. The topological polar surface area (TPSA) is 76.7 Å². The fourth-order valence-corrected chi connectivity index (χ4v) is 3.15. The molecule has 5 nitrogen and oxygen atoms in total. The van der Waals surface area contributed by atoms with Crippen molar-refractivity contribution < 1.29 is 19.1 Å². The summed E-state index contributed by atoms with van der Waals surface area (Å²) in [5.74, 6) is -0.827. The van der Waals surface area contributed by atoms with Crippen molar-refractivity contribution in [3.05, 3.63) is 99.9 Å². The number of rotatable bonds is 5. The van der Waals surface area contributed by atoms with E-state index in [4.69, 9.17) is 20.8 Å². The minimum atomic E-state index is -1.17. The average molecular weight is 407 g/mol. The van der Waals surface area contributed by atoms with Crippen molar-refractivity contribution >= 4 is 28.5 Å². The van der Waals surface area contributed by atoms with Crippen LogP contribution in [0.4, 0.5) is 0 Å². The second-order valence-corrected chi connectivity index (χ2v) is 6.84. The van der Waals surface area contributed by atoms with Crippen LogP contribution in [0.3, 0.4) is 0 Å². The molecule has 1 aromatic heterocycles. The van der Waals surface area contributed by atoms with Crippen molar-refractivity contribution in [2.24, 2.45) is 0 Å². The third kappa shape index (κ3) is 4.00. The molecule has 0 saturated heterocycles. The van der Waals surface area contributed by atoms with E-state index in [1.807, 2.05) is 0 Å². The summed E-state index contributed by atoms with van der Waals surface area (Å²) in [6, 6.07) is 22.1. The van der Waals surface area contributed by atoms with Gasteiger partial charge in [0.15, 0.2) is 0 Å². The molecule has 0 aliphatic heterocycles. The highest BCUT2D eigenvalue weighted by atomic mass is 35.5. The number of aliphatic carboxylic acids is 1. The minimum Gasteiger partial charge on any atom is -0.478 e. The second kappa shape index (κ2) is 7.81. The van der Waals surface area contributed by atoms with Crippen LogP contribution < -0.4 is 10.4 Å². The van der Waals surface area contributed by atoms with E-state index in [1.54, 1.807) is 72.8 Å². The number of benzene rings is 3. The van der Waals surface area contributed by atoms with Crippen LogP contribution in [0.25, 0.3) is 22.1 Å². The molecule has 1 N–H and O–H groups in total. The first-order valence-corrected chi connectivity index (χ1v) is 9.17. The Labute approximate surface area is 170 Å². The van der Waals surface area contributed by atoms with Gasteiger partial charge in [0.1, 0.15) is 11.3 Å². The van der Waals surface area contributed by atoms with Crippen molar-refractivity contribution in [1.29, 1.82) is 0 Å². The molecule has 6 heteroatoms. The van der Waals surface area contributed by atoms with Crippen LogP contribution in [0.2, 0.25) is 5.02 Å². The molecule has 3 aromatic carbocycles. The molecule has 0 radical (unpaired) electrons. The average Bonchev–Trinajstić information content (AvgIpc) is 2.72. The Kier molecular flexibility index (Phi) is 5.06. The van der Waals surface area contributed by atoms with Gasteiger partial charge in [-0.1, -0.05) is 54.1 Å². The molecule has 0 aliphatic rings. The van der Waals surface area contributed by atoms with Gasteiger partial charge < -0.3 is 14.3 Å². The Morgan fingerprint density at radius 3 is 2.38 bits per heavy atom. The van der Waals surface area contributed by atoms with E-state index in [9.17, 15) is 14.7 Å². The van der Waals surface area contributed by atoms with Crippen molar-refractivity contribution in [1.82, 2.24) is 0 Å². The Bertz CT molecular complexity index is 1230. The molecule has 29 heavy (non-hydrogen) atoms. The third-order valence-corrected chi connectivity index (χ3v) is 4.70. The van der Waals surface area contributed by atoms with E-state index >= 15 is 0 Å². The van der Waals surface area contributed by atoms with Crippen LogP contribution in [-0.4, -0.2) is 11.1 Å². The van der Waals surface area contributed by atoms with E-state index in [-0.39, 0.29) is 5.75 Å². The van der Waals surface area contributed by atoms with E-state index in [2.05, 4.69) is 0 Å². The van der Waals surface area contributed by atoms with Crippen LogP contribution in [0, 0.1) is 0 Å². The molecule has 0 amide bonds. The maximum atomic E-state index is 12.4. The van der Waals surface area contributed by atoms with Gasteiger partial charge in [-0.15, -0.1) is 0 Å². The first kappa shape index (κ1) is 18.8. The molecule has 0 saturated carbocycles. The number of ether oxygens (including phenoxy) is 1. The first-order valence-electron chi connectivity index (χ1n) is 8.79. The molecule has 144 valence electrons. The zero-order valence-corrected chi connectivity index (χ0v) is 15.8. The number of carboxylic acids is 1. The van der Waals surface area contributed by atoms with E-state index in [0.717, 1.165) is 0 Å². The number of fused-ring (bicyclic) bond motifs is 1. The van der Waals surface area contributed by atoms with Crippen LogP contribution >= 0.6 is 11.6 Å². The van der Waals surface area contributed by atoms with Crippen molar-refractivity contribution in [2.45, 2.75) is 6.10 Å². The lowest BCUT2D eigenvalue weighted by Gasteiger charge is -2.15. The van der Waals surface area contributed by atoms with Gasteiger partial charge in [0.25, 0.3) is 0 Å². The molecule has 1 atom stereocenters. The number of halogens is 1. The highest BCUT2D eigenvalue weighted by molar-refractivity contribution is 6.30. The van der Waals surface area contributed by atoms with Gasteiger partial charge in [0.2, 0.25) is 6.10 Å². The summed E-state index contributed by atoms with van der Waals surface area (Å²) >= 11 is 5.90. The fourth-order valence-electron chi connectivity index (χ4n) is 3.02. The predicted octanol–water partition coefficient (Wildman–Crippen LogP) is 5.32. The van der Waals surface area contributed by atoms with Crippen LogP contribution in [-0.2, 0) is 4.79 Å². The molecule has 4 aromatic rings. The lowest BCUT2D eigenvalue weighted by Crippen LogP contribution is -2.18. The van der Waals surface area contributed by atoms with Gasteiger partial charge in [0, 0.05) is 22.0 Å². The third-order valence-electron chi connectivity index (χ3n) is 4.44. The van der Waals surface area contributed by atoms with E-state index in [0.29, 0.717) is 32.7 Å². The largest absolute Gasteiger partial charge is 0.478 e. The summed E-state index contributed by atoms with van der Waals surface area (Å²) in [4.78, 5) is 24.1. The summed E-state index contributed by atoms with van der Waals surface area (Å²) in [6.45, 7) is 0. The number of hydrogen-bond acceptors (Lipinski definition) is 4. The smallest absolute Gasteiger partial charge is 0.349 e. The first-order chi connectivity index (χ1) is 14.0. The van der Waals surface area contributed by atoms with Gasteiger partial charge in [-0.2, -0.15) is 0 Å². The fraction of sp³-hybridized carbons (Fsp3) is 0.0435. The zero-order chi connectivity index (χ0) is 20.4. The predicted molar refractivity (Wildman–Crippen MR) is 110 cm³/mol. The monoisotopic (exact) mass is 406 g/mol. The molecule has 0 aliphatic carbocycles. The lowest BCUT2D eigenvalue weighted by atomic mass is 10.1. The highest BCUT2D eigenvalue weighted by Gasteiger charge is 2.22. The van der Waals surface area contributed by atoms with Gasteiger partial charge in [-0.05, 0) is 35.9 Å². The summed E-state index contributed by atoms with van der Waals surface area (Å²) in [5.41, 5.74) is 1.42. The van der Waals surface area contributed by atoms with Gasteiger partial charge >= 0.3 is 11.6 Å². The Morgan fingerprint density at radius 1 is 0.966 bits per heavy atom. The number of carboxylic acid groups (broad SMARTS) is 1. The van der Waals surface area contributed by atoms with Crippen molar-refractivity contribution in [3.8, 4) is 16.9 Å². The van der Waals surface area contributed by atoms with Crippen LogP contribution in [0.15, 0.2) is 88.1 Å². The molecular formula is C23H15ClO5. The molecular weight excluding hydrogens is 392 g/mol. The molecule has 0 spiro atoms. The Morgan fingerprint density at radius 2 is 1.69 bits per heavy atom. The lowest BCUT2D eigenvalue weighted by molar-refractivity contribution is -0.145. The maximum absolute atomic E-state index is 12.4. The van der Waals surface area contributed by atoms with Gasteiger partial charge in [-0.25, -0.2) is 9.59 Å². The summed E-state index contributed by atoms with van der Waals surface area (Å²) in [6.07, 6.45) is -1.17. The maximum Gasteiger partial charge on any atom is 0.349 e. The van der Waals surface area contributed by atoms with E-state index < -0.39 is 17.7 Å². The van der Waals surface area contributed by atoms with Crippen molar-refractivity contribution in [2.75, 3.05) is 0 Å². The molecule has 0 unspecified atom stereocenters. The van der Waals surface area contributed by atoms with E-state index in [1.165, 1.54) is 6.07 Å². The standard InChI is InChI=1S/C23H15ClO5/c24-17-9-6-14(7-10-17)19-12-16-8-11-18(13-20(16)29-23(19)27)28-21(22(25)26)15-4-2-1-3-5-15/h1-13,21H,(H,25,26)/t21-/m1/s1. The van der Waals surface area contributed by atoms with Crippen LogP contribution in [0.5, 0.6) is 5.75 Å². The Hall–Kier alpha value is -3.57. The Balaban J connectivity index is 1.69. The summed E-state index contributed by atoms with van der Waals surface area (Å²) in [5, 5.41) is 10.8. The number of carbonyl (C=O) groups is 1. The zero-order valence-electron chi connectivity index (χ0n) is 15.0. The molecule has 0 bridgehead atoms. The minimum absolute atomic E-state index is 0.288. The van der Waals surface area contributed by atoms with Crippen LogP contribution in [0.1, 0.15) is 11.7 Å². The summed E-state index contributed by atoms with van der Waals surface area (Å²) < 4.78 is 11.1. The van der Waals surface area contributed by atoms with Crippen molar-refractivity contribution in [3.63, 3.8) is 0 Å². The summed E-state index contributed by atoms with van der Waals surface area (Å²) in [7, 11) is 0.